The number of ether oxygens (including phenoxy) is 1. The summed E-state index contributed by atoms with van der Waals surface area (Å²) in [5.74, 6) is -4.37. The minimum atomic E-state index is -4.25. The second kappa shape index (κ2) is 14.9. The molecule has 1 saturated heterocycles. The van der Waals surface area contributed by atoms with Crippen LogP contribution >= 0.6 is 0 Å². The van der Waals surface area contributed by atoms with Gasteiger partial charge in [-0.05, 0) is 66.9 Å². The van der Waals surface area contributed by atoms with E-state index in [1.54, 1.807) is 30.5 Å². The highest BCUT2D eigenvalue weighted by Gasteiger charge is 2.41. The average molecular weight is 625 g/mol. The van der Waals surface area contributed by atoms with Crippen LogP contribution in [0.1, 0.15) is 41.8 Å². The number of benzene rings is 2. The predicted molar refractivity (Wildman–Crippen MR) is 166 cm³/mol. The maximum absolute atomic E-state index is 13.1. The molecule has 5 rings (SSSR count). The van der Waals surface area contributed by atoms with Crippen molar-refractivity contribution in [2.24, 2.45) is 5.73 Å². The highest BCUT2D eigenvalue weighted by atomic mass is 19.3. The van der Waals surface area contributed by atoms with Crippen LogP contribution in [0.3, 0.4) is 0 Å². The van der Waals surface area contributed by atoms with Gasteiger partial charge in [0.2, 0.25) is 0 Å². The van der Waals surface area contributed by atoms with Gasteiger partial charge in [0.25, 0.3) is 5.91 Å². The molecule has 0 radical (unpaired) electrons. The lowest BCUT2D eigenvalue weighted by atomic mass is 10.0. The van der Waals surface area contributed by atoms with Crippen LogP contribution in [0, 0.1) is 11.3 Å². The molecule has 4 aromatic rings. The number of nitrogens with one attached hydrogen (secondary N) is 1. The Balaban J connectivity index is 0.00000226. The third-order valence-electron chi connectivity index (χ3n) is 7.56. The molecule has 0 unspecified atom stereocenters. The zero-order chi connectivity index (χ0) is 32.6. The lowest BCUT2D eigenvalue weighted by Crippen LogP contribution is -2.47. The van der Waals surface area contributed by atoms with Crippen molar-refractivity contribution in [1.29, 1.82) is 5.26 Å². The summed E-state index contributed by atoms with van der Waals surface area (Å²) in [5.41, 5.74) is 10.0. The predicted octanol–water partition coefficient (Wildman–Crippen LogP) is 6.26. The van der Waals surface area contributed by atoms with Crippen molar-refractivity contribution < 1.29 is 27.1 Å². The van der Waals surface area contributed by atoms with Crippen molar-refractivity contribution >= 4 is 22.6 Å². The number of hydrogen-bond acceptors (Lipinski definition) is 6. The van der Waals surface area contributed by atoms with E-state index in [4.69, 9.17) is 10.5 Å². The van der Waals surface area contributed by atoms with E-state index >= 15 is 0 Å². The fraction of sp³-hybridized carbons (Fsp3) is 0.364. The summed E-state index contributed by atoms with van der Waals surface area (Å²) in [5, 5.41) is 10.3. The first-order chi connectivity index (χ1) is 21.6. The number of primary amides is 1. The summed E-state index contributed by atoms with van der Waals surface area (Å²) >= 11 is 0. The molecule has 12 heteroatoms. The number of nitriles is 1. The minimum absolute atomic E-state index is 0.0104. The van der Waals surface area contributed by atoms with Crippen LogP contribution in [0.2, 0.25) is 0 Å². The van der Waals surface area contributed by atoms with E-state index in [0.29, 0.717) is 35.6 Å². The zero-order valence-electron chi connectivity index (χ0n) is 25.2. The van der Waals surface area contributed by atoms with Crippen LogP contribution in [0.4, 0.5) is 23.4 Å². The number of rotatable bonds is 11. The molecule has 8 nitrogen and oxygen atoms in total. The van der Waals surface area contributed by atoms with Crippen LogP contribution in [0.15, 0.2) is 60.9 Å². The van der Waals surface area contributed by atoms with Crippen LogP contribution < -0.4 is 15.4 Å². The maximum Gasteiger partial charge on any atom is 0.340 e. The number of alkyl halides is 4. The van der Waals surface area contributed by atoms with Gasteiger partial charge in [0.1, 0.15) is 11.6 Å². The van der Waals surface area contributed by atoms with E-state index in [-0.39, 0.29) is 11.3 Å². The van der Waals surface area contributed by atoms with E-state index in [0.717, 1.165) is 43.4 Å². The highest BCUT2D eigenvalue weighted by molar-refractivity contribution is 5.99. The number of nitrogens with zero attached hydrogens (tertiary/aromatic N) is 4. The second-order valence-electron chi connectivity index (χ2n) is 10.5. The Kier molecular flexibility index (Phi) is 11.0. The van der Waals surface area contributed by atoms with Gasteiger partial charge in [-0.15, -0.1) is 0 Å². The summed E-state index contributed by atoms with van der Waals surface area (Å²) < 4.78 is 55.8. The number of nitrogens with two attached hydrogens (primary N) is 1. The van der Waals surface area contributed by atoms with Crippen LogP contribution in [0.5, 0.6) is 5.75 Å². The molecule has 2 aromatic carbocycles. The second-order valence-corrected chi connectivity index (χ2v) is 10.5. The molecule has 1 amide bonds. The van der Waals surface area contributed by atoms with Crippen molar-refractivity contribution in [2.75, 3.05) is 44.2 Å². The van der Waals surface area contributed by atoms with Gasteiger partial charge in [-0.25, -0.2) is 13.8 Å². The number of H-pyrrole nitrogens is 1. The third kappa shape index (κ3) is 8.10. The Morgan fingerprint density at radius 1 is 1.09 bits per heavy atom. The Morgan fingerprint density at radius 2 is 1.80 bits per heavy atom. The molecule has 3 heterocycles. The molecule has 1 aliphatic heterocycles. The Morgan fingerprint density at radius 3 is 2.44 bits per heavy atom. The molecule has 1 aliphatic rings. The first kappa shape index (κ1) is 33.3. The molecule has 45 heavy (non-hydrogen) atoms. The normalized spacial score (nSPS) is 13.8. The number of aryl methyl sites for hydroxylation is 1. The van der Waals surface area contributed by atoms with Gasteiger partial charge in [0.15, 0.2) is 6.61 Å². The number of pyridine rings is 1. The number of aromatic amines is 1. The molecule has 0 spiro atoms. The molecule has 0 atom stereocenters. The molecule has 0 saturated carbocycles. The van der Waals surface area contributed by atoms with Crippen molar-refractivity contribution in [3.63, 3.8) is 0 Å². The minimum Gasteiger partial charge on any atom is -0.487 e. The van der Waals surface area contributed by atoms with Gasteiger partial charge in [-0.2, -0.15) is 14.0 Å². The number of anilines is 1. The van der Waals surface area contributed by atoms with Gasteiger partial charge in [0.05, 0.1) is 17.2 Å². The lowest BCUT2D eigenvalue weighted by molar-refractivity contribution is -0.148. The third-order valence-corrected chi connectivity index (χ3v) is 7.56. The average Bonchev–Trinajstić information content (AvgIpc) is 3.47. The summed E-state index contributed by atoms with van der Waals surface area (Å²) in [4.78, 5) is 24.6. The molecule has 3 N–H and O–H groups in total. The highest BCUT2D eigenvalue weighted by Crippen LogP contribution is 2.29. The zero-order valence-corrected chi connectivity index (χ0v) is 25.2. The molecule has 238 valence electrons. The lowest BCUT2D eigenvalue weighted by Gasteiger charge is -2.36. The van der Waals surface area contributed by atoms with Crippen molar-refractivity contribution in [3.05, 3.63) is 77.6 Å². The van der Waals surface area contributed by atoms with Gasteiger partial charge in [-0.3, -0.25) is 9.69 Å². The fourth-order valence-electron chi connectivity index (χ4n) is 5.17. The smallest absolute Gasteiger partial charge is 0.340 e. The number of amides is 1. The SMILES string of the molecule is CC.N#Cc1ccc2[nH]cc(CCCN3CCN(c4ncc(-c5ccc(OCC(F)(F)C(F)F)cc5)cc4C(N)=O)CC3)c2c1. The Labute approximate surface area is 259 Å². The fourth-order valence-corrected chi connectivity index (χ4v) is 5.17. The first-order valence-electron chi connectivity index (χ1n) is 14.8. The maximum atomic E-state index is 13.1. The van der Waals surface area contributed by atoms with Crippen molar-refractivity contribution in [2.45, 2.75) is 39.0 Å². The van der Waals surface area contributed by atoms with E-state index in [1.807, 2.05) is 37.1 Å². The largest absolute Gasteiger partial charge is 0.487 e. The van der Waals surface area contributed by atoms with Crippen LogP contribution in [0.25, 0.3) is 22.0 Å². The Bertz CT molecular complexity index is 1630. The van der Waals surface area contributed by atoms with Crippen molar-refractivity contribution in [1.82, 2.24) is 14.9 Å². The number of hydrogen-bond donors (Lipinski definition) is 2. The van der Waals surface area contributed by atoms with E-state index in [9.17, 15) is 27.6 Å². The molecular weight excluding hydrogens is 588 g/mol. The van der Waals surface area contributed by atoms with Gasteiger partial charge in [0, 0.05) is 55.0 Å². The number of aromatic nitrogens is 2. The molecule has 1 fully saturated rings. The van der Waals surface area contributed by atoms with Gasteiger partial charge < -0.3 is 20.4 Å². The number of carbonyl (C=O) groups excluding carboxylic acids is 1. The standard InChI is InChI=1S/C31H30F4N6O2.C2H6/c32-30(33)31(34,35)19-43-24-6-4-21(5-7-24)23-15-26(28(37)42)29(39-18-23)41-12-10-40(11-13-41)9-1-2-22-17-38-27-8-3-20(16-36)14-25(22)27;1-2/h3-8,14-15,17-18,30,38H,1-2,9-13,19H2,(H2,37,42);1-2H3. The van der Waals surface area contributed by atoms with Crippen LogP contribution in [-0.4, -0.2) is 72.5 Å². The number of piperazine rings is 1. The Hall–Kier alpha value is -4.63. The van der Waals surface area contributed by atoms with Crippen LogP contribution in [-0.2, 0) is 6.42 Å². The summed E-state index contributed by atoms with van der Waals surface area (Å²) in [6.45, 7) is 6.39. The summed E-state index contributed by atoms with van der Waals surface area (Å²) in [6.07, 6.45) is 1.64. The van der Waals surface area contributed by atoms with Crippen molar-refractivity contribution in [3.8, 4) is 22.9 Å². The van der Waals surface area contributed by atoms with E-state index in [2.05, 4.69) is 20.9 Å². The topological polar surface area (TPSA) is 111 Å². The first-order valence-corrected chi connectivity index (χ1v) is 14.8. The molecule has 0 aliphatic carbocycles. The molecular formula is C33H36F4N6O2. The monoisotopic (exact) mass is 624 g/mol. The molecule has 2 aromatic heterocycles. The number of halogens is 4. The van der Waals surface area contributed by atoms with Gasteiger partial charge in [-0.1, -0.05) is 26.0 Å². The number of fused-ring (bicyclic) bond motifs is 1. The summed E-state index contributed by atoms with van der Waals surface area (Å²) in [7, 11) is 0. The van der Waals surface area contributed by atoms with E-state index in [1.165, 1.54) is 17.7 Å². The van der Waals surface area contributed by atoms with Gasteiger partial charge >= 0.3 is 12.3 Å². The molecule has 0 bridgehead atoms. The summed E-state index contributed by atoms with van der Waals surface area (Å²) in [6, 6.07) is 15.4. The number of carbonyl (C=O) groups is 1. The quantitative estimate of drug-likeness (QED) is 0.191. The van der Waals surface area contributed by atoms with E-state index < -0.39 is 24.9 Å².